The van der Waals surface area contributed by atoms with Crippen LogP contribution in [0.25, 0.3) is 0 Å². The number of nitrogens with zero attached hydrogens (tertiary/aromatic N) is 3. The normalized spacial score (nSPS) is 10.7. The average Bonchev–Trinajstić information content (AvgIpc) is 2.37. The first kappa shape index (κ1) is 14.7. The predicted octanol–water partition coefficient (Wildman–Crippen LogP) is 1.97. The smallest absolute Gasteiger partial charge is 0.131 e. The standard InChI is InChI=1S/C13H25N5/c1-5-8-18(6-2)9-7-15-13-10-12(14-4)16-11(3)17-13/h10H,5-9H2,1-4H3,(H2,14,15,16,17). The van der Waals surface area contributed by atoms with E-state index in [0.717, 1.165) is 43.6 Å². The van der Waals surface area contributed by atoms with Gasteiger partial charge in [0.15, 0.2) is 0 Å². The average molecular weight is 251 g/mol. The molecule has 0 unspecified atom stereocenters. The Morgan fingerprint density at radius 1 is 1.17 bits per heavy atom. The van der Waals surface area contributed by atoms with Gasteiger partial charge in [-0.15, -0.1) is 0 Å². The lowest BCUT2D eigenvalue weighted by Crippen LogP contribution is -2.29. The zero-order valence-electron chi connectivity index (χ0n) is 12.0. The first-order valence-corrected chi connectivity index (χ1v) is 6.69. The molecular weight excluding hydrogens is 226 g/mol. The first-order valence-electron chi connectivity index (χ1n) is 6.69. The van der Waals surface area contributed by atoms with Crippen molar-refractivity contribution in [2.75, 3.05) is 43.9 Å². The Labute approximate surface area is 110 Å². The molecule has 5 nitrogen and oxygen atoms in total. The Hall–Kier alpha value is -1.36. The van der Waals surface area contributed by atoms with Crippen LogP contribution in [0.5, 0.6) is 0 Å². The third kappa shape index (κ3) is 4.87. The summed E-state index contributed by atoms with van der Waals surface area (Å²) in [7, 11) is 1.87. The molecule has 0 aromatic carbocycles. The maximum Gasteiger partial charge on any atom is 0.131 e. The SMILES string of the molecule is CCCN(CC)CCNc1cc(NC)nc(C)n1. The third-order valence-electron chi connectivity index (χ3n) is 2.82. The van der Waals surface area contributed by atoms with Crippen LogP contribution in [0.4, 0.5) is 11.6 Å². The number of rotatable bonds is 8. The van der Waals surface area contributed by atoms with Gasteiger partial charge in [0.1, 0.15) is 17.5 Å². The molecule has 1 aromatic heterocycles. The number of hydrogen-bond donors (Lipinski definition) is 2. The highest BCUT2D eigenvalue weighted by atomic mass is 15.1. The molecule has 1 rings (SSSR count). The Kier molecular flexibility index (Phi) is 6.43. The monoisotopic (exact) mass is 251 g/mol. The topological polar surface area (TPSA) is 53.1 Å². The van der Waals surface area contributed by atoms with Gasteiger partial charge in [-0.1, -0.05) is 13.8 Å². The fraction of sp³-hybridized carbons (Fsp3) is 0.692. The van der Waals surface area contributed by atoms with E-state index < -0.39 is 0 Å². The fourth-order valence-corrected chi connectivity index (χ4v) is 1.87. The second kappa shape index (κ2) is 7.87. The van der Waals surface area contributed by atoms with Gasteiger partial charge in [0.05, 0.1) is 0 Å². The molecule has 0 aliphatic heterocycles. The van der Waals surface area contributed by atoms with Crippen molar-refractivity contribution in [2.24, 2.45) is 0 Å². The van der Waals surface area contributed by atoms with E-state index >= 15 is 0 Å². The van der Waals surface area contributed by atoms with E-state index in [1.807, 2.05) is 20.0 Å². The van der Waals surface area contributed by atoms with E-state index in [4.69, 9.17) is 0 Å². The van der Waals surface area contributed by atoms with Crippen molar-refractivity contribution in [1.29, 1.82) is 0 Å². The summed E-state index contributed by atoms with van der Waals surface area (Å²) >= 11 is 0. The predicted molar refractivity (Wildman–Crippen MR) is 77.2 cm³/mol. The van der Waals surface area contributed by atoms with Crippen LogP contribution < -0.4 is 10.6 Å². The van der Waals surface area contributed by atoms with Gasteiger partial charge in [0.25, 0.3) is 0 Å². The highest BCUT2D eigenvalue weighted by molar-refractivity contribution is 5.47. The van der Waals surface area contributed by atoms with Gasteiger partial charge in [0, 0.05) is 26.2 Å². The molecule has 102 valence electrons. The first-order chi connectivity index (χ1) is 8.69. The van der Waals surface area contributed by atoms with E-state index in [2.05, 4.69) is 39.3 Å². The molecule has 0 bridgehead atoms. The van der Waals surface area contributed by atoms with Gasteiger partial charge in [-0.05, 0) is 26.4 Å². The molecule has 1 heterocycles. The molecular formula is C13H25N5. The lowest BCUT2D eigenvalue weighted by Gasteiger charge is -2.19. The summed E-state index contributed by atoms with van der Waals surface area (Å²) in [6, 6.07) is 1.93. The van der Waals surface area contributed by atoms with E-state index in [0.29, 0.717) is 0 Å². The summed E-state index contributed by atoms with van der Waals surface area (Å²) in [5.41, 5.74) is 0. The summed E-state index contributed by atoms with van der Waals surface area (Å²) in [5, 5.41) is 6.39. The Bertz CT molecular complexity index is 353. The molecule has 0 spiro atoms. The minimum atomic E-state index is 0.783. The highest BCUT2D eigenvalue weighted by Crippen LogP contribution is 2.09. The van der Waals surface area contributed by atoms with Crippen LogP contribution in [0.1, 0.15) is 26.1 Å². The zero-order valence-corrected chi connectivity index (χ0v) is 12.0. The van der Waals surface area contributed by atoms with Crippen molar-refractivity contribution in [3.8, 4) is 0 Å². The van der Waals surface area contributed by atoms with E-state index in [-0.39, 0.29) is 0 Å². The molecule has 0 atom stereocenters. The number of aryl methyl sites for hydroxylation is 1. The van der Waals surface area contributed by atoms with Crippen LogP contribution in [0.15, 0.2) is 6.07 Å². The second-order valence-electron chi connectivity index (χ2n) is 4.30. The van der Waals surface area contributed by atoms with Crippen molar-refractivity contribution in [2.45, 2.75) is 27.2 Å². The number of hydrogen-bond acceptors (Lipinski definition) is 5. The third-order valence-corrected chi connectivity index (χ3v) is 2.82. The highest BCUT2D eigenvalue weighted by Gasteiger charge is 2.02. The fourth-order valence-electron chi connectivity index (χ4n) is 1.87. The number of anilines is 2. The van der Waals surface area contributed by atoms with E-state index in [9.17, 15) is 0 Å². The Balaban J connectivity index is 2.45. The van der Waals surface area contributed by atoms with Crippen LogP contribution >= 0.6 is 0 Å². The van der Waals surface area contributed by atoms with Crippen molar-refractivity contribution >= 4 is 11.6 Å². The number of aromatic nitrogens is 2. The second-order valence-corrected chi connectivity index (χ2v) is 4.30. The van der Waals surface area contributed by atoms with Gasteiger partial charge < -0.3 is 15.5 Å². The van der Waals surface area contributed by atoms with Gasteiger partial charge >= 0.3 is 0 Å². The molecule has 0 amide bonds. The number of likely N-dealkylation sites (N-methyl/N-ethyl adjacent to an activating group) is 1. The van der Waals surface area contributed by atoms with Crippen molar-refractivity contribution in [3.05, 3.63) is 11.9 Å². The molecule has 0 radical (unpaired) electrons. The molecule has 1 aromatic rings. The lowest BCUT2D eigenvalue weighted by atomic mass is 10.4. The lowest BCUT2D eigenvalue weighted by molar-refractivity contribution is 0.300. The molecule has 2 N–H and O–H groups in total. The molecule has 18 heavy (non-hydrogen) atoms. The Morgan fingerprint density at radius 2 is 1.89 bits per heavy atom. The van der Waals surface area contributed by atoms with E-state index in [1.54, 1.807) is 0 Å². The largest absolute Gasteiger partial charge is 0.373 e. The minimum Gasteiger partial charge on any atom is -0.373 e. The van der Waals surface area contributed by atoms with Crippen LogP contribution in [0.3, 0.4) is 0 Å². The summed E-state index contributed by atoms with van der Waals surface area (Å²) < 4.78 is 0. The quantitative estimate of drug-likeness (QED) is 0.740. The van der Waals surface area contributed by atoms with Gasteiger partial charge in [-0.25, -0.2) is 9.97 Å². The van der Waals surface area contributed by atoms with Gasteiger partial charge in [-0.3, -0.25) is 0 Å². The van der Waals surface area contributed by atoms with E-state index in [1.165, 1.54) is 6.42 Å². The zero-order chi connectivity index (χ0) is 13.4. The molecule has 5 heteroatoms. The minimum absolute atomic E-state index is 0.783. The maximum absolute atomic E-state index is 4.37. The van der Waals surface area contributed by atoms with Crippen molar-refractivity contribution in [3.63, 3.8) is 0 Å². The van der Waals surface area contributed by atoms with Crippen molar-refractivity contribution < 1.29 is 0 Å². The maximum atomic E-state index is 4.37. The molecule has 0 aliphatic rings. The van der Waals surface area contributed by atoms with Crippen LogP contribution in [0, 0.1) is 6.92 Å². The summed E-state index contributed by atoms with van der Waals surface area (Å²) in [5.74, 6) is 2.52. The van der Waals surface area contributed by atoms with Crippen LogP contribution in [0.2, 0.25) is 0 Å². The molecule has 0 aliphatic carbocycles. The van der Waals surface area contributed by atoms with Crippen LogP contribution in [-0.4, -0.2) is 48.1 Å². The summed E-state index contributed by atoms with van der Waals surface area (Å²) in [4.78, 5) is 11.1. The molecule has 0 fully saturated rings. The molecule has 0 saturated heterocycles. The van der Waals surface area contributed by atoms with Crippen molar-refractivity contribution in [1.82, 2.24) is 14.9 Å². The number of nitrogens with one attached hydrogen (secondary N) is 2. The summed E-state index contributed by atoms with van der Waals surface area (Å²) in [6.07, 6.45) is 1.20. The Morgan fingerprint density at radius 3 is 2.50 bits per heavy atom. The van der Waals surface area contributed by atoms with Gasteiger partial charge in [0.2, 0.25) is 0 Å². The van der Waals surface area contributed by atoms with Gasteiger partial charge in [-0.2, -0.15) is 0 Å². The molecule has 0 saturated carbocycles. The summed E-state index contributed by atoms with van der Waals surface area (Å²) in [6.45, 7) is 10.5. The van der Waals surface area contributed by atoms with Crippen LogP contribution in [-0.2, 0) is 0 Å².